The van der Waals surface area contributed by atoms with Gasteiger partial charge in [0.1, 0.15) is 0 Å². The fourth-order valence-corrected chi connectivity index (χ4v) is 11.8. The Balaban J connectivity index is 1.35. The molecule has 5 saturated carbocycles. The summed E-state index contributed by atoms with van der Waals surface area (Å²) >= 11 is 0. The van der Waals surface area contributed by atoms with E-state index >= 15 is 0 Å². The number of rotatable bonds is 6. The van der Waals surface area contributed by atoms with Crippen LogP contribution in [0.15, 0.2) is 12.2 Å². The highest BCUT2D eigenvalue weighted by molar-refractivity contribution is 5.29. The lowest BCUT2D eigenvalue weighted by molar-refractivity contribution is -0.143. The van der Waals surface area contributed by atoms with Crippen LogP contribution in [0.3, 0.4) is 0 Å². The molecule has 5 fully saturated rings. The minimum Gasteiger partial charge on any atom is -0.393 e. The van der Waals surface area contributed by atoms with Gasteiger partial charge in [0.25, 0.3) is 0 Å². The summed E-state index contributed by atoms with van der Waals surface area (Å²) in [6.07, 6.45) is 15.3. The average Bonchev–Trinajstić information content (AvgIpc) is 3.33. The van der Waals surface area contributed by atoms with Gasteiger partial charge in [0, 0.05) is 0 Å². The largest absolute Gasteiger partial charge is 0.393 e. The number of fused-ring (bicyclic) bond motifs is 2. The number of hydrogen-bond donors (Lipinski definition) is 1. The molecule has 0 saturated heterocycles. The molecule has 0 heterocycles. The van der Waals surface area contributed by atoms with Crippen LogP contribution < -0.4 is 0 Å². The molecule has 11 atom stereocenters. The lowest BCUT2D eigenvalue weighted by atomic mass is 9.43. The summed E-state index contributed by atoms with van der Waals surface area (Å²) in [6.45, 7) is 21.8. The van der Waals surface area contributed by atoms with Gasteiger partial charge in [-0.2, -0.15) is 0 Å². The van der Waals surface area contributed by atoms with Crippen molar-refractivity contribution < 1.29 is 5.11 Å². The monoisotopic (exact) mass is 454 g/mol. The molecule has 5 rings (SSSR count). The normalized spacial score (nSPS) is 52.3. The van der Waals surface area contributed by atoms with Crippen molar-refractivity contribution >= 4 is 0 Å². The molecular weight excluding hydrogens is 400 g/mol. The van der Waals surface area contributed by atoms with Crippen LogP contribution in [-0.4, -0.2) is 11.2 Å². The van der Waals surface area contributed by atoms with Crippen molar-refractivity contribution in [1.82, 2.24) is 0 Å². The molecule has 0 aromatic heterocycles. The summed E-state index contributed by atoms with van der Waals surface area (Å²) in [5.74, 6) is 5.41. The maximum absolute atomic E-state index is 10.6. The molecule has 1 heteroatoms. The first-order valence-corrected chi connectivity index (χ1v) is 14.8. The van der Waals surface area contributed by atoms with Crippen molar-refractivity contribution in [2.45, 2.75) is 125 Å². The number of aliphatic hydroxyl groups is 1. The molecule has 2 spiro atoms. The van der Waals surface area contributed by atoms with E-state index in [0.29, 0.717) is 39.4 Å². The number of hydrogen-bond acceptors (Lipinski definition) is 1. The molecule has 5 aliphatic carbocycles. The maximum atomic E-state index is 10.6. The summed E-state index contributed by atoms with van der Waals surface area (Å²) in [5, 5.41) is 10.6. The molecule has 0 unspecified atom stereocenters. The Labute approximate surface area is 205 Å². The smallest absolute Gasteiger partial charge is 0.0568 e. The van der Waals surface area contributed by atoms with Crippen LogP contribution in [0.4, 0.5) is 0 Å². The zero-order valence-corrected chi connectivity index (χ0v) is 23.1. The van der Waals surface area contributed by atoms with Gasteiger partial charge in [0.05, 0.1) is 6.10 Å². The molecule has 0 amide bonds. The zero-order chi connectivity index (χ0) is 24.0. The number of aliphatic hydroxyl groups excluding tert-OH is 1. The predicted octanol–water partition coefficient (Wildman–Crippen LogP) is 8.66. The van der Waals surface area contributed by atoms with E-state index < -0.39 is 0 Å². The van der Waals surface area contributed by atoms with E-state index in [9.17, 15) is 5.11 Å². The third-order valence-corrected chi connectivity index (χ3v) is 13.8. The van der Waals surface area contributed by atoms with Crippen molar-refractivity contribution in [3.05, 3.63) is 12.2 Å². The van der Waals surface area contributed by atoms with Crippen molar-refractivity contribution in [3.63, 3.8) is 0 Å². The maximum Gasteiger partial charge on any atom is 0.0568 e. The van der Waals surface area contributed by atoms with Crippen molar-refractivity contribution in [2.75, 3.05) is 0 Å². The van der Waals surface area contributed by atoms with Gasteiger partial charge in [0.2, 0.25) is 0 Å². The molecule has 33 heavy (non-hydrogen) atoms. The van der Waals surface area contributed by atoms with Crippen molar-refractivity contribution in [3.8, 4) is 0 Å². The topological polar surface area (TPSA) is 20.2 Å². The molecule has 1 N–H and O–H groups in total. The molecule has 188 valence electrons. The first kappa shape index (κ1) is 24.4. The van der Waals surface area contributed by atoms with Crippen molar-refractivity contribution in [2.24, 2.45) is 63.1 Å². The fraction of sp³-hybridized carbons (Fsp3) is 0.938. The Kier molecular flexibility index (Phi) is 5.80. The van der Waals surface area contributed by atoms with Gasteiger partial charge in [0.15, 0.2) is 0 Å². The van der Waals surface area contributed by atoms with Gasteiger partial charge in [-0.15, -0.1) is 0 Å². The highest BCUT2D eigenvalue weighted by Crippen LogP contribution is 2.88. The second kappa shape index (κ2) is 7.85. The third kappa shape index (κ3) is 3.12. The fourth-order valence-electron chi connectivity index (χ4n) is 11.8. The van der Waals surface area contributed by atoms with Gasteiger partial charge >= 0.3 is 0 Å². The van der Waals surface area contributed by atoms with E-state index in [4.69, 9.17) is 0 Å². The molecule has 5 aliphatic rings. The summed E-state index contributed by atoms with van der Waals surface area (Å²) in [5.41, 5.74) is 3.69. The average molecular weight is 455 g/mol. The van der Waals surface area contributed by atoms with E-state index in [1.54, 1.807) is 0 Å². The quantitative estimate of drug-likeness (QED) is 0.398. The molecule has 0 aromatic carbocycles. The van der Waals surface area contributed by atoms with Gasteiger partial charge in [-0.05, 0) is 141 Å². The Hall–Kier alpha value is -0.300. The summed E-state index contributed by atoms with van der Waals surface area (Å²) in [6, 6.07) is 0. The SMILES string of the molecule is C=C(C)[C@H](CC[C@@H](C)[C@@H]1CC[C@@]2(C)[C@@H]3CC[C@H]4[C@H](C)[C@@H](O)CC[C@@]45C[C@@]35CC[C@]12C)C(C)C. The van der Waals surface area contributed by atoms with Gasteiger partial charge < -0.3 is 5.11 Å². The van der Waals surface area contributed by atoms with Crippen LogP contribution >= 0.6 is 0 Å². The molecule has 0 radical (unpaired) electrons. The first-order chi connectivity index (χ1) is 15.4. The minimum atomic E-state index is -0.0372. The van der Waals surface area contributed by atoms with Gasteiger partial charge in [-0.1, -0.05) is 53.7 Å². The van der Waals surface area contributed by atoms with E-state index in [0.717, 1.165) is 30.1 Å². The highest BCUT2D eigenvalue weighted by Gasteiger charge is 2.81. The standard InChI is InChI=1S/C32H54O/c1-20(2)24(21(3)4)10-9-22(5)25-13-15-30(8)28-12-11-26-23(6)27(33)14-16-31(26)19-32(28,31)18-17-29(25,30)7/h21-28,33H,1,9-19H2,2-8H3/t22-,23+,24+,25+,26+,27+,28+,29-,30+,31-,32+/m1/s1. The van der Waals surface area contributed by atoms with E-state index in [2.05, 4.69) is 55.0 Å². The lowest BCUT2D eigenvalue weighted by Crippen LogP contribution is -2.55. The lowest BCUT2D eigenvalue weighted by Gasteiger charge is -2.62. The minimum absolute atomic E-state index is 0.0372. The van der Waals surface area contributed by atoms with Crippen LogP contribution in [0.2, 0.25) is 0 Å². The molecule has 1 nitrogen and oxygen atoms in total. The van der Waals surface area contributed by atoms with Gasteiger partial charge in [-0.25, -0.2) is 0 Å². The summed E-state index contributed by atoms with van der Waals surface area (Å²) in [4.78, 5) is 0. The van der Waals surface area contributed by atoms with Crippen LogP contribution in [0.25, 0.3) is 0 Å². The Bertz CT molecular complexity index is 783. The van der Waals surface area contributed by atoms with Crippen LogP contribution in [-0.2, 0) is 0 Å². The Morgan fingerprint density at radius 3 is 2.30 bits per heavy atom. The summed E-state index contributed by atoms with van der Waals surface area (Å²) in [7, 11) is 0. The zero-order valence-electron chi connectivity index (χ0n) is 23.1. The molecule has 0 bridgehead atoms. The van der Waals surface area contributed by atoms with Crippen LogP contribution in [0.1, 0.15) is 119 Å². The second-order valence-electron chi connectivity index (χ2n) is 14.9. The number of allylic oxidation sites excluding steroid dienone is 1. The van der Waals surface area contributed by atoms with E-state index in [1.165, 1.54) is 69.8 Å². The van der Waals surface area contributed by atoms with E-state index in [1.807, 2.05) is 0 Å². The highest BCUT2D eigenvalue weighted by atomic mass is 16.3. The summed E-state index contributed by atoms with van der Waals surface area (Å²) < 4.78 is 0. The third-order valence-electron chi connectivity index (χ3n) is 13.8. The second-order valence-corrected chi connectivity index (χ2v) is 14.9. The molecule has 0 aromatic rings. The Morgan fingerprint density at radius 2 is 1.64 bits per heavy atom. The Morgan fingerprint density at radius 1 is 0.909 bits per heavy atom. The molecular formula is C32H54O. The van der Waals surface area contributed by atoms with Crippen molar-refractivity contribution in [1.29, 1.82) is 0 Å². The predicted molar refractivity (Wildman–Crippen MR) is 140 cm³/mol. The first-order valence-electron chi connectivity index (χ1n) is 14.8. The molecule has 0 aliphatic heterocycles. The van der Waals surface area contributed by atoms with Crippen LogP contribution in [0, 0.1) is 63.1 Å². The van der Waals surface area contributed by atoms with E-state index in [-0.39, 0.29) is 6.10 Å². The van der Waals surface area contributed by atoms with Gasteiger partial charge in [-0.3, -0.25) is 0 Å². The van der Waals surface area contributed by atoms with Crippen LogP contribution in [0.5, 0.6) is 0 Å².